The minimum atomic E-state index is -0.495. The predicted octanol–water partition coefficient (Wildman–Crippen LogP) is 0.297. The van der Waals surface area contributed by atoms with Crippen LogP contribution >= 0.6 is 0 Å². The zero-order valence-corrected chi connectivity index (χ0v) is 8.85. The molecule has 0 aromatic heterocycles. The molecule has 1 aliphatic rings. The van der Waals surface area contributed by atoms with E-state index < -0.39 is 6.10 Å². The molecule has 0 radical (unpaired) electrons. The molecule has 86 valence electrons. The highest BCUT2D eigenvalue weighted by atomic mass is 16.5. The molecule has 14 heavy (non-hydrogen) atoms. The lowest BCUT2D eigenvalue weighted by atomic mass is 10.2. The average Bonchev–Trinajstić information content (AvgIpc) is 2.71. The van der Waals surface area contributed by atoms with Gasteiger partial charge in [-0.25, -0.2) is 0 Å². The Labute approximate surface area is 85.5 Å². The van der Waals surface area contributed by atoms with Crippen LogP contribution in [-0.2, 0) is 4.74 Å². The lowest BCUT2D eigenvalue weighted by molar-refractivity contribution is 0.0591. The molecule has 0 aliphatic carbocycles. The minimum Gasteiger partial charge on any atom is -0.394 e. The van der Waals surface area contributed by atoms with Crippen LogP contribution in [0.15, 0.2) is 0 Å². The van der Waals surface area contributed by atoms with Gasteiger partial charge in [0.25, 0.3) is 0 Å². The number of ether oxygens (including phenoxy) is 1. The van der Waals surface area contributed by atoms with Crippen LogP contribution in [0.2, 0.25) is 0 Å². The number of hydrogen-bond acceptors (Lipinski definition) is 4. The largest absolute Gasteiger partial charge is 0.394 e. The highest BCUT2D eigenvalue weighted by molar-refractivity contribution is 4.61. The molecule has 1 aliphatic heterocycles. The zero-order valence-electron chi connectivity index (χ0n) is 8.85. The first-order chi connectivity index (χ1) is 6.74. The van der Waals surface area contributed by atoms with E-state index in [9.17, 15) is 0 Å². The molecular formula is C10H22O4. The highest BCUT2D eigenvalue weighted by Crippen LogP contribution is 2.09. The first kappa shape index (κ1) is 13.8. The topological polar surface area (TPSA) is 69.9 Å². The molecule has 1 rings (SSSR count). The third-order valence-electron chi connectivity index (χ3n) is 2.06. The first-order valence-corrected chi connectivity index (χ1v) is 5.26. The van der Waals surface area contributed by atoms with Crippen molar-refractivity contribution in [3.63, 3.8) is 0 Å². The van der Waals surface area contributed by atoms with Crippen molar-refractivity contribution in [3.8, 4) is 0 Å². The van der Waals surface area contributed by atoms with Crippen LogP contribution in [0.3, 0.4) is 0 Å². The molecular weight excluding hydrogens is 184 g/mol. The van der Waals surface area contributed by atoms with E-state index in [0.717, 1.165) is 25.9 Å². The van der Waals surface area contributed by atoms with E-state index in [4.69, 9.17) is 20.1 Å². The molecule has 0 amide bonds. The Morgan fingerprint density at radius 2 is 2.14 bits per heavy atom. The molecule has 0 saturated carbocycles. The van der Waals surface area contributed by atoms with E-state index >= 15 is 0 Å². The third-order valence-corrected chi connectivity index (χ3v) is 2.06. The quantitative estimate of drug-likeness (QED) is 0.618. The van der Waals surface area contributed by atoms with Crippen LogP contribution in [0.25, 0.3) is 0 Å². The summed E-state index contributed by atoms with van der Waals surface area (Å²) in [6.45, 7) is 2.90. The Morgan fingerprint density at radius 3 is 2.36 bits per heavy atom. The van der Waals surface area contributed by atoms with Gasteiger partial charge in [-0.05, 0) is 19.3 Å². The van der Waals surface area contributed by atoms with Crippen LogP contribution in [-0.4, -0.2) is 47.3 Å². The number of hydrogen-bond donors (Lipinski definition) is 3. The summed E-state index contributed by atoms with van der Waals surface area (Å²) in [6.07, 6.45) is 3.45. The van der Waals surface area contributed by atoms with Crippen molar-refractivity contribution < 1.29 is 20.1 Å². The summed E-state index contributed by atoms with van der Waals surface area (Å²) in [4.78, 5) is 0. The van der Waals surface area contributed by atoms with Crippen molar-refractivity contribution in [2.75, 3.05) is 19.8 Å². The SMILES string of the molecule is CCCC(O)CO.OCC1CCCO1. The second kappa shape index (κ2) is 9.40. The van der Waals surface area contributed by atoms with Gasteiger partial charge in [-0.1, -0.05) is 13.3 Å². The molecule has 2 unspecified atom stereocenters. The van der Waals surface area contributed by atoms with E-state index in [-0.39, 0.29) is 19.3 Å². The maximum atomic E-state index is 8.61. The van der Waals surface area contributed by atoms with Gasteiger partial charge in [0.1, 0.15) is 0 Å². The van der Waals surface area contributed by atoms with Crippen LogP contribution < -0.4 is 0 Å². The van der Waals surface area contributed by atoms with Crippen molar-refractivity contribution in [2.45, 2.75) is 44.8 Å². The summed E-state index contributed by atoms with van der Waals surface area (Å²) in [5.74, 6) is 0. The van der Waals surface area contributed by atoms with E-state index in [2.05, 4.69) is 0 Å². The Bertz CT molecular complexity index is 113. The van der Waals surface area contributed by atoms with E-state index in [0.29, 0.717) is 6.42 Å². The van der Waals surface area contributed by atoms with Crippen LogP contribution in [0.4, 0.5) is 0 Å². The molecule has 0 aromatic carbocycles. The summed E-state index contributed by atoms with van der Waals surface area (Å²) in [5, 5.41) is 25.3. The predicted molar refractivity (Wildman–Crippen MR) is 54.1 cm³/mol. The van der Waals surface area contributed by atoms with Gasteiger partial charge in [0.05, 0.1) is 25.4 Å². The Balaban J connectivity index is 0.000000241. The molecule has 2 atom stereocenters. The number of aliphatic hydroxyl groups is 3. The van der Waals surface area contributed by atoms with E-state index in [1.54, 1.807) is 0 Å². The fraction of sp³-hybridized carbons (Fsp3) is 1.00. The number of aliphatic hydroxyl groups excluding tert-OH is 3. The molecule has 0 bridgehead atoms. The minimum absolute atomic E-state index is 0.103. The van der Waals surface area contributed by atoms with E-state index in [1.807, 2.05) is 6.92 Å². The summed E-state index contributed by atoms with van der Waals surface area (Å²) < 4.78 is 5.05. The Hall–Kier alpha value is -0.160. The number of rotatable bonds is 4. The summed E-state index contributed by atoms with van der Waals surface area (Å²) in [5.41, 5.74) is 0. The lowest BCUT2D eigenvalue weighted by Crippen LogP contribution is -2.10. The van der Waals surface area contributed by atoms with Gasteiger partial charge in [-0.2, -0.15) is 0 Å². The monoisotopic (exact) mass is 206 g/mol. The van der Waals surface area contributed by atoms with Crippen molar-refractivity contribution in [1.29, 1.82) is 0 Å². The third kappa shape index (κ3) is 7.26. The second-order valence-corrected chi connectivity index (χ2v) is 3.44. The van der Waals surface area contributed by atoms with Crippen molar-refractivity contribution in [1.82, 2.24) is 0 Å². The molecule has 4 heteroatoms. The van der Waals surface area contributed by atoms with Gasteiger partial charge in [0, 0.05) is 6.61 Å². The summed E-state index contributed by atoms with van der Waals surface area (Å²) in [7, 11) is 0. The maximum absolute atomic E-state index is 8.61. The maximum Gasteiger partial charge on any atom is 0.0806 e. The van der Waals surface area contributed by atoms with Gasteiger partial charge in [0.15, 0.2) is 0 Å². The van der Waals surface area contributed by atoms with Crippen molar-refractivity contribution >= 4 is 0 Å². The molecule has 0 spiro atoms. The van der Waals surface area contributed by atoms with E-state index in [1.165, 1.54) is 0 Å². The molecule has 1 saturated heterocycles. The second-order valence-electron chi connectivity index (χ2n) is 3.44. The van der Waals surface area contributed by atoms with Crippen molar-refractivity contribution in [3.05, 3.63) is 0 Å². The molecule has 1 heterocycles. The fourth-order valence-electron chi connectivity index (χ4n) is 1.21. The molecule has 4 nitrogen and oxygen atoms in total. The van der Waals surface area contributed by atoms with Crippen LogP contribution in [0, 0.1) is 0 Å². The van der Waals surface area contributed by atoms with Gasteiger partial charge in [0.2, 0.25) is 0 Å². The Kier molecular flexibility index (Phi) is 9.29. The standard InChI is InChI=1S/C5H10O2.C5H12O2/c6-4-5-2-1-3-7-5;1-2-3-5(7)4-6/h5-6H,1-4H2;5-7H,2-4H2,1H3. The van der Waals surface area contributed by atoms with Gasteiger partial charge >= 0.3 is 0 Å². The molecule has 0 aromatic rings. The highest BCUT2D eigenvalue weighted by Gasteiger charge is 2.12. The van der Waals surface area contributed by atoms with Gasteiger partial charge in [-0.15, -0.1) is 0 Å². The smallest absolute Gasteiger partial charge is 0.0806 e. The van der Waals surface area contributed by atoms with Gasteiger partial charge in [-0.3, -0.25) is 0 Å². The average molecular weight is 206 g/mol. The van der Waals surface area contributed by atoms with Gasteiger partial charge < -0.3 is 20.1 Å². The fourth-order valence-corrected chi connectivity index (χ4v) is 1.21. The molecule has 1 fully saturated rings. The summed E-state index contributed by atoms with van der Waals surface area (Å²) >= 11 is 0. The normalized spacial score (nSPS) is 22.7. The Morgan fingerprint density at radius 1 is 1.43 bits per heavy atom. The van der Waals surface area contributed by atoms with Crippen molar-refractivity contribution in [2.24, 2.45) is 0 Å². The van der Waals surface area contributed by atoms with Crippen LogP contribution in [0.5, 0.6) is 0 Å². The lowest BCUT2D eigenvalue weighted by Gasteiger charge is -2.01. The summed E-state index contributed by atoms with van der Waals surface area (Å²) in [6, 6.07) is 0. The molecule has 3 N–H and O–H groups in total. The van der Waals surface area contributed by atoms with Crippen LogP contribution in [0.1, 0.15) is 32.6 Å². The zero-order chi connectivity index (χ0) is 10.8. The first-order valence-electron chi connectivity index (χ1n) is 5.26.